The first-order valence-electron chi connectivity index (χ1n) is 8.86. The number of urea groups is 2. The minimum Gasteiger partial charge on any atom is -0.392 e. The minimum absolute atomic E-state index is 0.151. The Labute approximate surface area is 158 Å². The van der Waals surface area contributed by atoms with Gasteiger partial charge in [0, 0.05) is 0 Å². The van der Waals surface area contributed by atoms with Gasteiger partial charge in [0.05, 0.1) is 25.3 Å². The molecule has 0 aromatic rings. The molecular formula is C17H28N4O6. The number of β-amino-alcohol motifs (C(OH)–C–C–N with tert-alkyl or cyclic N) is 2. The fourth-order valence-electron chi connectivity index (χ4n) is 3.30. The summed E-state index contributed by atoms with van der Waals surface area (Å²) >= 11 is 0. The van der Waals surface area contributed by atoms with Crippen molar-refractivity contribution in [3.05, 3.63) is 0 Å². The van der Waals surface area contributed by atoms with Gasteiger partial charge in [0.25, 0.3) is 11.8 Å². The molecule has 2 N–H and O–H groups in total. The van der Waals surface area contributed by atoms with Crippen LogP contribution in [0.5, 0.6) is 0 Å². The fourth-order valence-corrected chi connectivity index (χ4v) is 3.30. The highest BCUT2D eigenvalue weighted by molar-refractivity contribution is 6.08. The average Bonchev–Trinajstić information content (AvgIpc) is 2.78. The molecule has 10 heteroatoms. The van der Waals surface area contributed by atoms with Gasteiger partial charge in [0.15, 0.2) is 0 Å². The van der Waals surface area contributed by atoms with Crippen LogP contribution >= 0.6 is 0 Å². The van der Waals surface area contributed by atoms with Crippen LogP contribution in [-0.4, -0.2) is 96.7 Å². The largest absolute Gasteiger partial charge is 0.392 e. The van der Waals surface area contributed by atoms with Gasteiger partial charge in [0.2, 0.25) is 0 Å². The van der Waals surface area contributed by atoms with Crippen molar-refractivity contribution in [1.29, 1.82) is 0 Å². The Hall–Kier alpha value is -2.20. The molecule has 0 saturated carbocycles. The van der Waals surface area contributed by atoms with Crippen molar-refractivity contribution in [2.75, 3.05) is 19.8 Å². The minimum atomic E-state index is -1.23. The molecule has 2 aliphatic rings. The molecule has 0 radical (unpaired) electrons. The van der Waals surface area contributed by atoms with Crippen molar-refractivity contribution < 1.29 is 29.4 Å². The molecule has 2 fully saturated rings. The van der Waals surface area contributed by atoms with Crippen molar-refractivity contribution in [3.63, 3.8) is 0 Å². The van der Waals surface area contributed by atoms with E-state index in [9.17, 15) is 29.4 Å². The van der Waals surface area contributed by atoms with Gasteiger partial charge < -0.3 is 10.2 Å². The van der Waals surface area contributed by atoms with Gasteiger partial charge in [-0.25, -0.2) is 9.59 Å². The number of imide groups is 2. The molecule has 6 amide bonds. The molecule has 2 atom stereocenters. The average molecular weight is 384 g/mol. The summed E-state index contributed by atoms with van der Waals surface area (Å²) in [7, 11) is 0. The number of amides is 6. The zero-order valence-corrected chi connectivity index (χ0v) is 16.6. The van der Waals surface area contributed by atoms with Gasteiger partial charge in [-0.1, -0.05) is 0 Å². The highest BCUT2D eigenvalue weighted by Crippen LogP contribution is 2.33. The van der Waals surface area contributed by atoms with E-state index in [0.29, 0.717) is 0 Å². The molecular weight excluding hydrogens is 356 g/mol. The van der Waals surface area contributed by atoms with Crippen LogP contribution in [-0.2, 0) is 9.59 Å². The van der Waals surface area contributed by atoms with Crippen LogP contribution in [0.1, 0.15) is 41.5 Å². The predicted molar refractivity (Wildman–Crippen MR) is 94.3 cm³/mol. The van der Waals surface area contributed by atoms with Crippen molar-refractivity contribution in [2.45, 2.75) is 64.8 Å². The van der Waals surface area contributed by atoms with Gasteiger partial charge in [-0.3, -0.25) is 29.2 Å². The lowest BCUT2D eigenvalue weighted by Crippen LogP contribution is -2.55. The predicted octanol–water partition coefficient (Wildman–Crippen LogP) is -0.209. The first kappa shape index (κ1) is 21.1. The quantitative estimate of drug-likeness (QED) is 0.611. The van der Waals surface area contributed by atoms with Crippen LogP contribution in [0.4, 0.5) is 9.59 Å². The molecule has 0 bridgehead atoms. The van der Waals surface area contributed by atoms with Crippen molar-refractivity contribution in [1.82, 2.24) is 19.6 Å². The van der Waals surface area contributed by atoms with Gasteiger partial charge in [0.1, 0.15) is 17.7 Å². The highest BCUT2D eigenvalue weighted by atomic mass is 16.3. The molecule has 2 saturated heterocycles. The van der Waals surface area contributed by atoms with E-state index in [1.54, 1.807) is 27.7 Å². The summed E-state index contributed by atoms with van der Waals surface area (Å²) in [6.07, 6.45) is -1.77. The monoisotopic (exact) mass is 384 g/mol. The number of hydrogen-bond donors (Lipinski definition) is 2. The molecule has 0 spiro atoms. The molecule has 152 valence electrons. The Balaban J connectivity index is 2.31. The molecule has 2 rings (SSSR count). The summed E-state index contributed by atoms with van der Waals surface area (Å²) in [5, 5.41) is 19.1. The Morgan fingerprint density at radius 2 is 1.04 bits per heavy atom. The number of carbonyl (C=O) groups is 4. The van der Waals surface area contributed by atoms with Crippen molar-refractivity contribution in [3.8, 4) is 0 Å². The first-order valence-corrected chi connectivity index (χ1v) is 8.86. The third kappa shape index (κ3) is 3.39. The summed E-state index contributed by atoms with van der Waals surface area (Å²) in [4.78, 5) is 55.1. The second-order valence-electron chi connectivity index (χ2n) is 8.21. The summed E-state index contributed by atoms with van der Waals surface area (Å²) in [5.41, 5.74) is -2.47. The van der Waals surface area contributed by atoms with E-state index >= 15 is 0 Å². The second-order valence-corrected chi connectivity index (χ2v) is 8.21. The van der Waals surface area contributed by atoms with Gasteiger partial charge >= 0.3 is 12.1 Å². The lowest BCUT2D eigenvalue weighted by atomic mass is 10.0. The van der Waals surface area contributed by atoms with Crippen LogP contribution in [0.2, 0.25) is 0 Å². The Bertz CT molecular complexity index is 616. The van der Waals surface area contributed by atoms with E-state index in [4.69, 9.17) is 0 Å². The molecule has 2 aliphatic heterocycles. The van der Waals surface area contributed by atoms with Crippen molar-refractivity contribution in [2.24, 2.45) is 0 Å². The lowest BCUT2D eigenvalue weighted by Gasteiger charge is -2.36. The maximum atomic E-state index is 12.8. The number of rotatable bonds is 6. The van der Waals surface area contributed by atoms with Gasteiger partial charge in [-0.2, -0.15) is 0 Å². The smallest absolute Gasteiger partial charge is 0.329 e. The standard InChI is InChI=1S/C17H28N4O6/c1-10(22)7-18-12(24)16(3,4)20(14(18)26)9-21-15(27)19(8-11(2)23)13(25)17(21,5)6/h10-11,22-23H,7-9H2,1-6H3. The molecule has 10 nitrogen and oxygen atoms in total. The van der Waals surface area contributed by atoms with Gasteiger partial charge in [-0.05, 0) is 41.5 Å². The number of hydrogen-bond acceptors (Lipinski definition) is 6. The molecule has 2 unspecified atom stereocenters. The normalized spacial score (nSPS) is 24.3. The summed E-state index contributed by atoms with van der Waals surface area (Å²) in [6, 6.07) is -1.26. The van der Waals surface area contributed by atoms with Crippen LogP contribution in [0, 0.1) is 0 Å². The summed E-state index contributed by atoms with van der Waals surface area (Å²) in [6.45, 7) is 8.59. The Morgan fingerprint density at radius 3 is 1.30 bits per heavy atom. The van der Waals surface area contributed by atoms with Crippen LogP contribution < -0.4 is 0 Å². The van der Waals surface area contributed by atoms with Crippen LogP contribution in [0.3, 0.4) is 0 Å². The Kier molecular flexibility index (Phi) is 5.28. The molecule has 2 heterocycles. The summed E-state index contributed by atoms with van der Waals surface area (Å²) < 4.78 is 0. The topological polar surface area (TPSA) is 122 Å². The molecule has 0 aromatic carbocycles. The van der Waals surface area contributed by atoms with Crippen molar-refractivity contribution >= 4 is 23.9 Å². The third-order valence-corrected chi connectivity index (χ3v) is 4.99. The van der Waals surface area contributed by atoms with Crippen LogP contribution in [0.25, 0.3) is 0 Å². The number of aliphatic hydroxyl groups is 2. The van der Waals surface area contributed by atoms with E-state index in [2.05, 4.69) is 0 Å². The van der Waals surface area contributed by atoms with Crippen LogP contribution in [0.15, 0.2) is 0 Å². The van der Waals surface area contributed by atoms with E-state index in [-0.39, 0.29) is 19.8 Å². The van der Waals surface area contributed by atoms with E-state index in [0.717, 1.165) is 9.80 Å². The SMILES string of the molecule is CC(O)CN1C(=O)N(CN2C(=O)N(CC(C)O)C(=O)C2(C)C)C(C)(C)C1=O. The van der Waals surface area contributed by atoms with E-state index < -0.39 is 47.2 Å². The maximum absolute atomic E-state index is 12.8. The number of carbonyl (C=O) groups excluding carboxylic acids is 4. The first-order chi connectivity index (χ1) is 12.2. The zero-order valence-electron chi connectivity index (χ0n) is 16.6. The van der Waals surface area contributed by atoms with E-state index in [1.165, 1.54) is 23.6 Å². The van der Waals surface area contributed by atoms with E-state index in [1.807, 2.05) is 0 Å². The third-order valence-electron chi connectivity index (χ3n) is 4.99. The lowest BCUT2D eigenvalue weighted by molar-refractivity contribution is -0.133. The van der Waals surface area contributed by atoms with Gasteiger partial charge in [-0.15, -0.1) is 0 Å². The number of nitrogens with zero attached hydrogens (tertiary/aromatic N) is 4. The maximum Gasteiger partial charge on any atom is 0.329 e. The summed E-state index contributed by atoms with van der Waals surface area (Å²) in [5.74, 6) is -0.963. The second kappa shape index (κ2) is 6.75. The molecule has 0 aliphatic carbocycles. The Morgan fingerprint density at radius 1 is 0.741 bits per heavy atom. The fraction of sp³-hybridized carbons (Fsp3) is 0.765. The highest BCUT2D eigenvalue weighted by Gasteiger charge is 2.57. The molecule has 0 aromatic heterocycles. The molecule has 27 heavy (non-hydrogen) atoms. The number of aliphatic hydroxyl groups excluding tert-OH is 2. The zero-order chi connectivity index (χ0) is 20.9.